The summed E-state index contributed by atoms with van der Waals surface area (Å²) in [6.07, 6.45) is 5.88. The minimum absolute atomic E-state index is 0.123. The van der Waals surface area contributed by atoms with Crippen LogP contribution in [0.25, 0.3) is 0 Å². The van der Waals surface area contributed by atoms with Gasteiger partial charge in [0.1, 0.15) is 0 Å². The first kappa shape index (κ1) is 20.9. The van der Waals surface area contributed by atoms with Gasteiger partial charge in [-0.15, -0.1) is 0 Å². The second kappa shape index (κ2) is 9.20. The second-order valence-electron chi connectivity index (χ2n) is 8.15. The number of anilines is 3. The molecule has 0 bridgehead atoms. The van der Waals surface area contributed by atoms with Crippen molar-refractivity contribution in [3.05, 3.63) is 53.6 Å². The lowest BCUT2D eigenvalue weighted by molar-refractivity contribution is -0.119. The maximum Gasteiger partial charge on any atom is 0.255 e. The molecule has 0 spiro atoms. The van der Waals surface area contributed by atoms with E-state index in [0.29, 0.717) is 29.8 Å². The number of hydrogen-bond acceptors (Lipinski definition) is 4. The van der Waals surface area contributed by atoms with Gasteiger partial charge < -0.3 is 20.9 Å². The van der Waals surface area contributed by atoms with E-state index < -0.39 is 5.91 Å². The molecule has 7 heteroatoms. The second-order valence-corrected chi connectivity index (χ2v) is 8.15. The number of nitrogens with zero attached hydrogens (tertiary/aromatic N) is 2. The van der Waals surface area contributed by atoms with Gasteiger partial charge in [0, 0.05) is 42.9 Å². The molecule has 4 rings (SSSR count). The standard InChI is InChI=1S/C24H28N4O3/c25-23(30)18-9-12-21(27-13-3-1-4-14-27)20(16-18)26-24(31)17-7-10-19(11-8-17)28-15-5-2-6-22(28)29/h7-12,16H,1-6,13-15H2,(H2,25,30)(H,26,31). The van der Waals surface area contributed by atoms with Crippen molar-refractivity contribution in [2.75, 3.05) is 34.8 Å². The summed E-state index contributed by atoms with van der Waals surface area (Å²) in [5.74, 6) is -0.675. The molecule has 2 aliphatic rings. The molecule has 2 aromatic carbocycles. The van der Waals surface area contributed by atoms with E-state index in [1.165, 1.54) is 6.42 Å². The Labute approximate surface area is 182 Å². The Bertz CT molecular complexity index is 981. The van der Waals surface area contributed by atoms with Crippen molar-refractivity contribution in [1.29, 1.82) is 0 Å². The van der Waals surface area contributed by atoms with E-state index in [-0.39, 0.29) is 11.8 Å². The molecule has 7 nitrogen and oxygen atoms in total. The maximum absolute atomic E-state index is 13.0. The molecular weight excluding hydrogens is 392 g/mol. The van der Waals surface area contributed by atoms with Gasteiger partial charge in [-0.2, -0.15) is 0 Å². The maximum atomic E-state index is 13.0. The van der Waals surface area contributed by atoms with Crippen LogP contribution in [0.15, 0.2) is 42.5 Å². The van der Waals surface area contributed by atoms with E-state index in [0.717, 1.165) is 50.1 Å². The van der Waals surface area contributed by atoms with E-state index in [1.807, 2.05) is 18.2 Å². The van der Waals surface area contributed by atoms with Gasteiger partial charge in [-0.25, -0.2) is 0 Å². The molecule has 0 radical (unpaired) electrons. The quantitative estimate of drug-likeness (QED) is 0.773. The van der Waals surface area contributed by atoms with E-state index in [4.69, 9.17) is 5.73 Å². The average Bonchev–Trinajstić information content (AvgIpc) is 2.80. The number of amides is 3. The van der Waals surface area contributed by atoms with Crippen molar-refractivity contribution in [2.24, 2.45) is 5.73 Å². The number of nitrogens with one attached hydrogen (secondary N) is 1. The number of primary amides is 1. The van der Waals surface area contributed by atoms with Gasteiger partial charge in [-0.1, -0.05) is 0 Å². The fraction of sp³-hybridized carbons (Fsp3) is 0.375. The Hall–Kier alpha value is -3.35. The van der Waals surface area contributed by atoms with Crippen LogP contribution >= 0.6 is 0 Å². The SMILES string of the molecule is NC(=O)c1ccc(N2CCCCC2)c(NC(=O)c2ccc(N3CCCCC3=O)cc2)c1. The van der Waals surface area contributed by atoms with Gasteiger partial charge in [0.25, 0.3) is 5.91 Å². The molecule has 31 heavy (non-hydrogen) atoms. The lowest BCUT2D eigenvalue weighted by Gasteiger charge is -2.30. The zero-order valence-electron chi connectivity index (χ0n) is 17.6. The Morgan fingerprint density at radius 1 is 0.839 bits per heavy atom. The topological polar surface area (TPSA) is 95.7 Å². The van der Waals surface area contributed by atoms with Crippen LogP contribution in [0.3, 0.4) is 0 Å². The molecule has 0 saturated carbocycles. The van der Waals surface area contributed by atoms with Crippen LogP contribution in [0.5, 0.6) is 0 Å². The van der Waals surface area contributed by atoms with Crippen LogP contribution in [-0.4, -0.2) is 37.4 Å². The highest BCUT2D eigenvalue weighted by molar-refractivity contribution is 6.07. The van der Waals surface area contributed by atoms with Crippen LogP contribution in [0.1, 0.15) is 59.2 Å². The lowest BCUT2D eigenvalue weighted by Crippen LogP contribution is -2.35. The molecule has 2 heterocycles. The summed E-state index contributed by atoms with van der Waals surface area (Å²) in [6.45, 7) is 2.54. The molecule has 2 saturated heterocycles. The average molecular weight is 421 g/mol. The van der Waals surface area contributed by atoms with Crippen molar-refractivity contribution in [1.82, 2.24) is 0 Å². The van der Waals surface area contributed by atoms with Crippen LogP contribution in [-0.2, 0) is 4.79 Å². The first-order chi connectivity index (χ1) is 15.0. The molecule has 0 aliphatic carbocycles. The highest BCUT2D eigenvalue weighted by Crippen LogP contribution is 2.30. The van der Waals surface area contributed by atoms with Crippen molar-refractivity contribution in [3.63, 3.8) is 0 Å². The molecule has 162 valence electrons. The monoisotopic (exact) mass is 420 g/mol. The number of hydrogen-bond donors (Lipinski definition) is 2. The van der Waals surface area contributed by atoms with E-state index in [2.05, 4.69) is 10.2 Å². The van der Waals surface area contributed by atoms with Gasteiger partial charge in [0.2, 0.25) is 11.8 Å². The zero-order valence-corrected chi connectivity index (χ0v) is 17.6. The van der Waals surface area contributed by atoms with Gasteiger partial charge in [0.15, 0.2) is 0 Å². The fourth-order valence-corrected chi connectivity index (χ4v) is 4.27. The number of piperidine rings is 2. The predicted octanol–water partition coefficient (Wildman–Crippen LogP) is 3.55. The van der Waals surface area contributed by atoms with Crippen LogP contribution in [0.4, 0.5) is 17.1 Å². The Morgan fingerprint density at radius 2 is 1.52 bits per heavy atom. The Balaban J connectivity index is 1.55. The van der Waals surface area contributed by atoms with Crippen molar-refractivity contribution in [2.45, 2.75) is 38.5 Å². The number of carbonyl (C=O) groups excluding carboxylic acids is 3. The number of benzene rings is 2. The third-order valence-electron chi connectivity index (χ3n) is 5.99. The summed E-state index contributed by atoms with van der Waals surface area (Å²) in [5, 5.41) is 2.96. The summed E-state index contributed by atoms with van der Waals surface area (Å²) in [6, 6.07) is 12.3. The number of nitrogens with two attached hydrogens (primary N) is 1. The molecule has 2 fully saturated rings. The number of rotatable bonds is 5. The van der Waals surface area contributed by atoms with Gasteiger partial charge >= 0.3 is 0 Å². The molecule has 3 N–H and O–H groups in total. The minimum atomic E-state index is -0.531. The van der Waals surface area contributed by atoms with Crippen molar-refractivity contribution >= 4 is 34.8 Å². The van der Waals surface area contributed by atoms with Crippen molar-refractivity contribution < 1.29 is 14.4 Å². The van der Waals surface area contributed by atoms with Gasteiger partial charge in [-0.05, 0) is 74.6 Å². The minimum Gasteiger partial charge on any atom is -0.370 e. The molecule has 0 atom stereocenters. The predicted molar refractivity (Wildman–Crippen MR) is 122 cm³/mol. The molecule has 2 aliphatic heterocycles. The van der Waals surface area contributed by atoms with Gasteiger partial charge in [0.05, 0.1) is 11.4 Å². The van der Waals surface area contributed by atoms with Crippen molar-refractivity contribution in [3.8, 4) is 0 Å². The van der Waals surface area contributed by atoms with E-state index in [9.17, 15) is 14.4 Å². The summed E-state index contributed by atoms with van der Waals surface area (Å²) < 4.78 is 0. The highest BCUT2D eigenvalue weighted by atomic mass is 16.2. The largest absolute Gasteiger partial charge is 0.370 e. The Morgan fingerprint density at radius 3 is 2.19 bits per heavy atom. The van der Waals surface area contributed by atoms with Crippen LogP contribution < -0.4 is 20.9 Å². The first-order valence-corrected chi connectivity index (χ1v) is 10.9. The number of carbonyl (C=O) groups is 3. The zero-order chi connectivity index (χ0) is 21.8. The van der Waals surface area contributed by atoms with E-state index in [1.54, 1.807) is 29.2 Å². The lowest BCUT2D eigenvalue weighted by atomic mass is 10.1. The van der Waals surface area contributed by atoms with Crippen LogP contribution in [0.2, 0.25) is 0 Å². The highest BCUT2D eigenvalue weighted by Gasteiger charge is 2.21. The fourth-order valence-electron chi connectivity index (χ4n) is 4.27. The normalized spacial score (nSPS) is 16.8. The first-order valence-electron chi connectivity index (χ1n) is 10.9. The Kier molecular flexibility index (Phi) is 6.21. The molecular formula is C24H28N4O3. The summed E-state index contributed by atoms with van der Waals surface area (Å²) in [5.41, 5.74) is 8.59. The molecule has 0 aromatic heterocycles. The summed E-state index contributed by atoms with van der Waals surface area (Å²) in [4.78, 5) is 40.8. The summed E-state index contributed by atoms with van der Waals surface area (Å²) in [7, 11) is 0. The third-order valence-corrected chi connectivity index (χ3v) is 5.99. The summed E-state index contributed by atoms with van der Waals surface area (Å²) >= 11 is 0. The smallest absolute Gasteiger partial charge is 0.255 e. The molecule has 2 aromatic rings. The van der Waals surface area contributed by atoms with E-state index >= 15 is 0 Å². The third kappa shape index (κ3) is 4.71. The van der Waals surface area contributed by atoms with Gasteiger partial charge in [-0.3, -0.25) is 14.4 Å². The van der Waals surface area contributed by atoms with Crippen LogP contribution in [0, 0.1) is 0 Å². The molecule has 3 amide bonds. The molecule has 0 unspecified atom stereocenters.